The monoisotopic (exact) mass is 402 g/mol. The van der Waals surface area contributed by atoms with E-state index in [0.717, 1.165) is 17.7 Å². The molecule has 0 aliphatic carbocycles. The zero-order chi connectivity index (χ0) is 21.1. The van der Waals surface area contributed by atoms with Gasteiger partial charge >= 0.3 is 0 Å². The van der Waals surface area contributed by atoms with Gasteiger partial charge in [-0.05, 0) is 42.7 Å². The predicted molar refractivity (Wildman–Crippen MR) is 106 cm³/mol. The van der Waals surface area contributed by atoms with Crippen LogP contribution in [0.4, 0.5) is 14.5 Å². The largest absolute Gasteiger partial charge is 0.480 e. The van der Waals surface area contributed by atoms with E-state index in [-0.39, 0.29) is 11.8 Å². The Morgan fingerprint density at radius 2 is 1.93 bits per heavy atom. The van der Waals surface area contributed by atoms with Crippen LogP contribution in [0, 0.1) is 17.6 Å². The summed E-state index contributed by atoms with van der Waals surface area (Å²) in [5, 5.41) is 2.52. The number of rotatable bonds is 5. The first kappa shape index (κ1) is 20.8. The molecule has 0 aromatic heterocycles. The summed E-state index contributed by atoms with van der Waals surface area (Å²) in [6.45, 7) is 6.86. The molecule has 1 atom stereocenters. The maximum absolute atomic E-state index is 13.9. The van der Waals surface area contributed by atoms with E-state index in [4.69, 9.17) is 4.74 Å². The van der Waals surface area contributed by atoms with Gasteiger partial charge in [0.1, 0.15) is 22.9 Å². The Hall–Kier alpha value is -2.96. The maximum Gasteiger partial charge on any atom is 0.263 e. The van der Waals surface area contributed by atoms with Gasteiger partial charge in [0.15, 0.2) is 6.10 Å². The molecule has 1 N–H and O–H groups in total. The van der Waals surface area contributed by atoms with Crippen LogP contribution in [0.15, 0.2) is 36.4 Å². The average Bonchev–Trinajstić information content (AvgIpc) is 2.78. The van der Waals surface area contributed by atoms with Gasteiger partial charge in [0.2, 0.25) is 0 Å². The van der Waals surface area contributed by atoms with Crippen LogP contribution in [0.25, 0.3) is 0 Å². The van der Waals surface area contributed by atoms with E-state index in [1.54, 1.807) is 23.1 Å². The summed E-state index contributed by atoms with van der Waals surface area (Å²) in [4.78, 5) is 26.9. The van der Waals surface area contributed by atoms with Crippen LogP contribution >= 0.6 is 0 Å². The molecule has 3 rings (SSSR count). The molecule has 0 saturated carbocycles. The molecule has 0 fully saturated rings. The van der Waals surface area contributed by atoms with E-state index in [9.17, 15) is 18.4 Å². The molecule has 0 spiro atoms. The van der Waals surface area contributed by atoms with Crippen LogP contribution < -0.4 is 10.1 Å². The van der Waals surface area contributed by atoms with Crippen molar-refractivity contribution in [1.82, 2.24) is 4.90 Å². The Bertz CT molecular complexity index is 910. The van der Waals surface area contributed by atoms with E-state index in [1.165, 1.54) is 6.07 Å². The van der Waals surface area contributed by atoms with E-state index in [2.05, 4.69) is 5.32 Å². The topological polar surface area (TPSA) is 58.6 Å². The molecule has 0 radical (unpaired) electrons. The van der Waals surface area contributed by atoms with Crippen molar-refractivity contribution < 1.29 is 23.1 Å². The Labute approximate surface area is 168 Å². The molecule has 1 unspecified atom stereocenters. The number of nitrogens with zero attached hydrogens (tertiary/aromatic N) is 1. The summed E-state index contributed by atoms with van der Waals surface area (Å²) in [6.07, 6.45) is -0.0271. The van der Waals surface area contributed by atoms with E-state index in [0.29, 0.717) is 30.9 Å². The summed E-state index contributed by atoms with van der Waals surface area (Å²) < 4.78 is 33.6. The van der Waals surface area contributed by atoms with E-state index in [1.807, 2.05) is 20.8 Å². The molecule has 2 aromatic rings. The third kappa shape index (κ3) is 4.55. The first-order valence-electron chi connectivity index (χ1n) is 9.63. The van der Waals surface area contributed by atoms with Gasteiger partial charge in [-0.2, -0.15) is 0 Å². The van der Waals surface area contributed by atoms with Gasteiger partial charge in [-0.3, -0.25) is 9.59 Å². The normalized spacial score (nSPS) is 16.3. The minimum atomic E-state index is -0.930. The molecule has 29 heavy (non-hydrogen) atoms. The number of carbonyl (C=O) groups excluding carboxylic acids is 2. The number of carbonyl (C=O) groups is 2. The first-order chi connectivity index (χ1) is 13.8. The number of anilines is 1. The van der Waals surface area contributed by atoms with Gasteiger partial charge in [-0.1, -0.05) is 26.8 Å². The third-order valence-corrected chi connectivity index (χ3v) is 4.68. The zero-order valence-electron chi connectivity index (χ0n) is 16.7. The fourth-order valence-corrected chi connectivity index (χ4v) is 3.35. The predicted octanol–water partition coefficient (Wildman–Crippen LogP) is 4.37. The van der Waals surface area contributed by atoms with Crippen molar-refractivity contribution in [2.24, 2.45) is 5.92 Å². The lowest BCUT2D eigenvalue weighted by molar-refractivity contribution is -0.139. The molecule has 2 amide bonds. The van der Waals surface area contributed by atoms with Gasteiger partial charge in [0.05, 0.1) is 0 Å². The van der Waals surface area contributed by atoms with Crippen molar-refractivity contribution in [1.29, 1.82) is 0 Å². The number of fused-ring (bicyclic) bond motifs is 1. The molecule has 1 aliphatic rings. The Balaban J connectivity index is 1.88. The number of nitrogens with one attached hydrogen (secondary N) is 1. The minimum Gasteiger partial charge on any atom is -0.480 e. The Morgan fingerprint density at radius 1 is 1.24 bits per heavy atom. The molecule has 154 valence electrons. The minimum absolute atomic E-state index is 0.0728. The summed E-state index contributed by atoms with van der Waals surface area (Å²) in [5.41, 5.74) is 0.454. The van der Waals surface area contributed by atoms with Crippen LogP contribution in [0.3, 0.4) is 0 Å². The van der Waals surface area contributed by atoms with Crippen molar-refractivity contribution in [3.63, 3.8) is 0 Å². The van der Waals surface area contributed by atoms with E-state index >= 15 is 0 Å². The van der Waals surface area contributed by atoms with Crippen molar-refractivity contribution >= 4 is 17.5 Å². The van der Waals surface area contributed by atoms with Gasteiger partial charge in [0, 0.05) is 24.3 Å². The van der Waals surface area contributed by atoms with Crippen molar-refractivity contribution in [2.45, 2.75) is 39.8 Å². The highest BCUT2D eigenvalue weighted by molar-refractivity contribution is 6.04. The second-order valence-corrected chi connectivity index (χ2v) is 7.50. The zero-order valence-corrected chi connectivity index (χ0v) is 16.7. The SMILES string of the molecule is CCC1Oc2ccc(NC(=O)c3c(F)cccc3F)cc2CN(CC(C)C)C1=O. The molecular weight excluding hydrogens is 378 g/mol. The Kier molecular flexibility index (Phi) is 6.15. The standard InChI is InChI=1S/C22H24F2N2O3/c1-4-18-22(28)26(11-13(2)3)12-14-10-15(8-9-19(14)29-18)25-21(27)20-16(23)6-5-7-17(20)24/h5-10,13,18H,4,11-12H2,1-3H3,(H,25,27). The fraction of sp³-hybridized carbons (Fsp3) is 0.364. The van der Waals surface area contributed by atoms with Gasteiger partial charge in [0.25, 0.3) is 11.8 Å². The molecule has 0 bridgehead atoms. The highest BCUT2D eigenvalue weighted by Gasteiger charge is 2.30. The van der Waals surface area contributed by atoms with Gasteiger partial charge in [-0.25, -0.2) is 8.78 Å². The second-order valence-electron chi connectivity index (χ2n) is 7.50. The van der Waals surface area contributed by atoms with E-state index < -0.39 is 29.2 Å². The van der Waals surface area contributed by atoms with Crippen molar-refractivity contribution in [3.05, 3.63) is 59.2 Å². The molecule has 5 nitrogen and oxygen atoms in total. The quantitative estimate of drug-likeness (QED) is 0.808. The molecular formula is C22H24F2N2O3. The summed E-state index contributed by atoms with van der Waals surface area (Å²) in [5.74, 6) is -1.97. The lowest BCUT2D eigenvalue weighted by Crippen LogP contribution is -2.41. The summed E-state index contributed by atoms with van der Waals surface area (Å²) in [6, 6.07) is 8.19. The highest BCUT2D eigenvalue weighted by atomic mass is 19.1. The third-order valence-electron chi connectivity index (χ3n) is 4.68. The lowest BCUT2D eigenvalue weighted by atomic mass is 10.1. The number of hydrogen-bond donors (Lipinski definition) is 1. The molecule has 7 heteroatoms. The maximum atomic E-state index is 13.9. The fourth-order valence-electron chi connectivity index (χ4n) is 3.35. The lowest BCUT2D eigenvalue weighted by Gasteiger charge is -2.24. The van der Waals surface area contributed by atoms with Gasteiger partial charge < -0.3 is 15.0 Å². The summed E-state index contributed by atoms with van der Waals surface area (Å²) >= 11 is 0. The average molecular weight is 402 g/mol. The van der Waals surface area contributed by atoms with Gasteiger partial charge in [-0.15, -0.1) is 0 Å². The second kappa shape index (κ2) is 8.59. The van der Waals surface area contributed by atoms with Crippen molar-refractivity contribution in [3.8, 4) is 5.75 Å². The number of halogens is 2. The Morgan fingerprint density at radius 3 is 2.55 bits per heavy atom. The number of benzene rings is 2. The number of ether oxygens (including phenoxy) is 1. The summed E-state index contributed by atoms with van der Waals surface area (Å²) in [7, 11) is 0. The van der Waals surface area contributed by atoms with Crippen LogP contribution in [0.2, 0.25) is 0 Å². The molecule has 1 aliphatic heterocycles. The number of hydrogen-bond acceptors (Lipinski definition) is 3. The first-order valence-corrected chi connectivity index (χ1v) is 9.63. The van der Waals surface area contributed by atoms with Crippen LogP contribution in [-0.2, 0) is 11.3 Å². The molecule has 1 heterocycles. The van der Waals surface area contributed by atoms with Crippen molar-refractivity contribution in [2.75, 3.05) is 11.9 Å². The smallest absolute Gasteiger partial charge is 0.263 e. The highest BCUT2D eigenvalue weighted by Crippen LogP contribution is 2.30. The molecule has 2 aromatic carbocycles. The van der Waals surface area contributed by atoms with Crippen LogP contribution in [0.1, 0.15) is 43.1 Å². The van der Waals surface area contributed by atoms with Crippen LogP contribution in [-0.4, -0.2) is 29.4 Å². The van der Waals surface area contributed by atoms with Crippen LogP contribution in [0.5, 0.6) is 5.75 Å². The number of amides is 2. The molecule has 0 saturated heterocycles.